The number of nitrogens with two attached hydrogens (primary N) is 1. The highest BCUT2D eigenvalue weighted by atomic mass is 32.2. The average Bonchev–Trinajstić information content (AvgIpc) is 2.88. The summed E-state index contributed by atoms with van der Waals surface area (Å²) in [4.78, 5) is 19.7. The molecule has 1 amide bonds. The molecule has 7 nitrogen and oxygen atoms in total. The maximum absolute atomic E-state index is 13.5. The Labute approximate surface area is 196 Å². The van der Waals surface area contributed by atoms with Gasteiger partial charge in [-0.05, 0) is 11.1 Å². The number of pyridine rings is 1. The summed E-state index contributed by atoms with van der Waals surface area (Å²) in [6.07, 6.45) is 0. The molecule has 1 aliphatic rings. The summed E-state index contributed by atoms with van der Waals surface area (Å²) in [6, 6.07) is 22.8. The van der Waals surface area contributed by atoms with Crippen LogP contribution in [0.1, 0.15) is 21.9 Å². The largest absolute Gasteiger partial charge is 0.383 e. The quantitative estimate of drug-likeness (QED) is 0.582. The van der Waals surface area contributed by atoms with Gasteiger partial charge in [-0.25, -0.2) is 4.98 Å². The minimum Gasteiger partial charge on any atom is -0.383 e. The number of benzene rings is 2. The van der Waals surface area contributed by atoms with E-state index in [2.05, 4.69) is 17.1 Å². The molecule has 33 heavy (non-hydrogen) atoms. The summed E-state index contributed by atoms with van der Waals surface area (Å²) in [5, 5.41) is 19.5. The van der Waals surface area contributed by atoms with Gasteiger partial charge in [-0.15, -0.1) is 0 Å². The lowest BCUT2D eigenvalue weighted by atomic mass is 9.97. The number of hydrogen-bond donors (Lipinski definition) is 1. The van der Waals surface area contributed by atoms with E-state index in [0.29, 0.717) is 42.5 Å². The molecular weight excluding hydrogens is 434 g/mol. The molecule has 1 atom stereocenters. The lowest BCUT2D eigenvalue weighted by molar-refractivity contribution is -0.134. The van der Waals surface area contributed by atoms with Gasteiger partial charge in [0.25, 0.3) is 0 Å². The van der Waals surface area contributed by atoms with Crippen LogP contribution in [0.4, 0.5) is 5.82 Å². The van der Waals surface area contributed by atoms with Crippen LogP contribution in [-0.2, 0) is 9.53 Å². The van der Waals surface area contributed by atoms with Gasteiger partial charge in [-0.1, -0.05) is 72.4 Å². The lowest BCUT2D eigenvalue weighted by Crippen LogP contribution is -2.42. The summed E-state index contributed by atoms with van der Waals surface area (Å²) >= 11 is 1.18. The standard InChI is InChI=1S/C25H21N5O2S/c26-15-19-21(17-7-3-1-4-8-17)20(16-27)24(29-23(19)28)33-22(18-9-5-2-6-10-18)25(31)30-11-13-32-14-12-30/h1-10,22H,11-14H2,(H2,28,29). The van der Waals surface area contributed by atoms with Crippen LogP contribution in [0.25, 0.3) is 11.1 Å². The molecule has 0 saturated carbocycles. The molecule has 1 aromatic heterocycles. The van der Waals surface area contributed by atoms with Crippen LogP contribution in [0.2, 0.25) is 0 Å². The van der Waals surface area contributed by atoms with E-state index in [-0.39, 0.29) is 22.9 Å². The molecule has 8 heteroatoms. The van der Waals surface area contributed by atoms with Crippen LogP contribution in [0.15, 0.2) is 65.7 Å². The van der Waals surface area contributed by atoms with Crippen molar-refractivity contribution in [1.29, 1.82) is 10.5 Å². The summed E-state index contributed by atoms with van der Waals surface area (Å²) < 4.78 is 5.39. The lowest BCUT2D eigenvalue weighted by Gasteiger charge is -2.30. The van der Waals surface area contributed by atoms with Gasteiger partial charge < -0.3 is 15.4 Å². The molecule has 1 unspecified atom stereocenters. The van der Waals surface area contributed by atoms with E-state index in [0.717, 1.165) is 5.56 Å². The van der Waals surface area contributed by atoms with Gasteiger partial charge in [0, 0.05) is 18.7 Å². The highest BCUT2D eigenvalue weighted by Crippen LogP contribution is 2.42. The summed E-state index contributed by atoms with van der Waals surface area (Å²) in [7, 11) is 0. The third-order valence-electron chi connectivity index (χ3n) is 5.36. The minimum absolute atomic E-state index is 0.0310. The van der Waals surface area contributed by atoms with E-state index in [1.54, 1.807) is 4.90 Å². The Hall–Kier alpha value is -3.85. The maximum Gasteiger partial charge on any atom is 0.240 e. The number of morpholine rings is 1. The second-order valence-electron chi connectivity index (χ2n) is 7.36. The van der Waals surface area contributed by atoms with Gasteiger partial charge in [-0.2, -0.15) is 10.5 Å². The average molecular weight is 456 g/mol. The van der Waals surface area contributed by atoms with Crippen LogP contribution in [0.5, 0.6) is 0 Å². The second kappa shape index (κ2) is 10.2. The van der Waals surface area contributed by atoms with Crippen LogP contribution >= 0.6 is 11.8 Å². The fourth-order valence-electron chi connectivity index (χ4n) is 3.73. The summed E-state index contributed by atoms with van der Waals surface area (Å²) in [6.45, 7) is 1.99. The van der Waals surface area contributed by atoms with Crippen LogP contribution < -0.4 is 5.73 Å². The SMILES string of the molecule is N#Cc1c(N)nc(SC(C(=O)N2CCOCC2)c2ccccc2)c(C#N)c1-c1ccccc1. The van der Waals surface area contributed by atoms with Gasteiger partial charge in [0.15, 0.2) is 0 Å². The van der Waals surface area contributed by atoms with E-state index in [4.69, 9.17) is 10.5 Å². The van der Waals surface area contributed by atoms with Gasteiger partial charge in [-0.3, -0.25) is 4.79 Å². The third kappa shape index (κ3) is 4.68. The van der Waals surface area contributed by atoms with Crippen LogP contribution in [-0.4, -0.2) is 42.1 Å². The van der Waals surface area contributed by atoms with Crippen LogP contribution in [0, 0.1) is 22.7 Å². The van der Waals surface area contributed by atoms with E-state index in [1.807, 2.05) is 60.7 Å². The number of nitrogens with zero attached hydrogens (tertiary/aromatic N) is 4. The topological polar surface area (TPSA) is 116 Å². The number of ether oxygens (including phenoxy) is 1. The Balaban J connectivity index is 1.83. The zero-order valence-electron chi connectivity index (χ0n) is 17.8. The Morgan fingerprint density at radius 1 is 1.00 bits per heavy atom. The first kappa shape index (κ1) is 22.3. The predicted molar refractivity (Wildman–Crippen MR) is 126 cm³/mol. The van der Waals surface area contributed by atoms with Gasteiger partial charge in [0.1, 0.15) is 33.8 Å². The Bertz CT molecular complexity index is 1230. The molecule has 0 aliphatic carbocycles. The monoisotopic (exact) mass is 455 g/mol. The van der Waals surface area contributed by atoms with Crippen LogP contribution in [0.3, 0.4) is 0 Å². The molecule has 4 rings (SSSR count). The van der Waals surface area contributed by atoms with E-state index in [9.17, 15) is 15.3 Å². The Morgan fingerprint density at radius 2 is 1.61 bits per heavy atom. The molecular formula is C25H21N5O2S. The fraction of sp³-hybridized carbons (Fsp3) is 0.200. The Morgan fingerprint density at radius 3 is 2.21 bits per heavy atom. The molecule has 164 valence electrons. The van der Waals surface area contributed by atoms with Gasteiger partial charge in [0.05, 0.1) is 18.8 Å². The van der Waals surface area contributed by atoms with Crippen molar-refractivity contribution in [3.8, 4) is 23.3 Å². The molecule has 0 bridgehead atoms. The number of amides is 1. The molecule has 0 radical (unpaired) electrons. The zero-order chi connectivity index (χ0) is 23.2. The number of thioether (sulfide) groups is 1. The first-order valence-electron chi connectivity index (χ1n) is 10.4. The molecule has 1 saturated heterocycles. The maximum atomic E-state index is 13.5. The molecule has 2 aromatic carbocycles. The van der Waals surface area contributed by atoms with E-state index in [1.165, 1.54) is 11.8 Å². The normalized spacial score (nSPS) is 14.2. The second-order valence-corrected chi connectivity index (χ2v) is 8.46. The highest BCUT2D eigenvalue weighted by Gasteiger charge is 2.31. The number of carbonyl (C=O) groups excluding carboxylic acids is 1. The number of nitrogen functional groups attached to an aromatic ring is 1. The van der Waals surface area contributed by atoms with Crippen molar-refractivity contribution in [2.45, 2.75) is 10.3 Å². The van der Waals surface area contributed by atoms with E-state index >= 15 is 0 Å². The van der Waals surface area contributed by atoms with Crippen molar-refractivity contribution >= 4 is 23.5 Å². The summed E-state index contributed by atoms with van der Waals surface area (Å²) in [5.41, 5.74) is 8.46. The van der Waals surface area contributed by atoms with Crippen molar-refractivity contribution in [3.05, 3.63) is 77.4 Å². The Kier molecular flexibility index (Phi) is 6.89. The minimum atomic E-state index is -0.625. The first-order valence-corrected chi connectivity index (χ1v) is 11.3. The number of aromatic nitrogens is 1. The van der Waals surface area contributed by atoms with Crippen molar-refractivity contribution < 1.29 is 9.53 Å². The zero-order valence-corrected chi connectivity index (χ0v) is 18.6. The summed E-state index contributed by atoms with van der Waals surface area (Å²) in [5.74, 6) is -0.0483. The van der Waals surface area contributed by atoms with Crippen molar-refractivity contribution in [2.24, 2.45) is 0 Å². The fourth-order valence-corrected chi connectivity index (χ4v) is 4.91. The van der Waals surface area contributed by atoms with Crippen molar-refractivity contribution in [3.63, 3.8) is 0 Å². The number of rotatable bonds is 5. The number of carbonyl (C=O) groups is 1. The third-order valence-corrected chi connectivity index (χ3v) is 6.59. The molecule has 2 N–H and O–H groups in total. The molecule has 3 aromatic rings. The first-order chi connectivity index (χ1) is 16.1. The number of nitriles is 2. The van der Waals surface area contributed by atoms with Crippen molar-refractivity contribution in [1.82, 2.24) is 9.88 Å². The number of anilines is 1. The van der Waals surface area contributed by atoms with E-state index < -0.39 is 5.25 Å². The number of hydrogen-bond acceptors (Lipinski definition) is 7. The smallest absolute Gasteiger partial charge is 0.240 e. The highest BCUT2D eigenvalue weighted by molar-refractivity contribution is 8.00. The van der Waals surface area contributed by atoms with Gasteiger partial charge >= 0.3 is 0 Å². The molecule has 1 aliphatic heterocycles. The van der Waals surface area contributed by atoms with Gasteiger partial charge in [0.2, 0.25) is 5.91 Å². The molecule has 1 fully saturated rings. The predicted octanol–water partition coefficient (Wildman–Crippen LogP) is 3.77. The molecule has 0 spiro atoms. The van der Waals surface area contributed by atoms with Crippen molar-refractivity contribution in [2.75, 3.05) is 32.0 Å². The molecule has 2 heterocycles.